The molecule has 1 N–H and O–H groups in total. The first-order valence-electron chi connectivity index (χ1n) is 9.97. The van der Waals surface area contributed by atoms with Crippen molar-refractivity contribution in [3.05, 3.63) is 89.5 Å². The molecule has 4 rings (SSSR count). The van der Waals surface area contributed by atoms with Crippen molar-refractivity contribution < 1.29 is 19.2 Å². The summed E-state index contributed by atoms with van der Waals surface area (Å²) in [6, 6.07) is 16.1. The Morgan fingerprint density at radius 3 is 2.10 bits per heavy atom. The fraction of sp³-hybridized carbons (Fsp3) is 0.333. The van der Waals surface area contributed by atoms with Crippen molar-refractivity contribution in [1.82, 2.24) is 0 Å². The molecule has 0 spiro atoms. The Labute approximate surface area is 185 Å². The van der Waals surface area contributed by atoms with Gasteiger partial charge in [-0.1, -0.05) is 66.3 Å². The molecule has 2 aromatic rings. The number of hydrogen-bond acceptors (Lipinski definition) is 4. The van der Waals surface area contributed by atoms with E-state index in [0.29, 0.717) is 26.0 Å². The molecule has 1 unspecified atom stereocenters. The molecule has 0 saturated carbocycles. The van der Waals surface area contributed by atoms with Crippen molar-refractivity contribution in [3.8, 4) is 5.75 Å². The third-order valence-electron chi connectivity index (χ3n) is 4.36. The Morgan fingerprint density at radius 1 is 0.933 bits per heavy atom. The van der Waals surface area contributed by atoms with E-state index >= 15 is 0 Å². The zero-order valence-corrected chi connectivity index (χ0v) is 18.3. The minimum absolute atomic E-state index is 0.105. The number of ether oxygens (including phenoxy) is 2. The molecule has 2 heterocycles. The fourth-order valence-corrected chi connectivity index (χ4v) is 3.10. The van der Waals surface area contributed by atoms with Crippen molar-refractivity contribution in [2.45, 2.75) is 25.1 Å². The predicted octanol–water partition coefficient (Wildman–Crippen LogP) is 4.75. The summed E-state index contributed by atoms with van der Waals surface area (Å²) in [7, 11) is 0.675. The van der Waals surface area contributed by atoms with Crippen LogP contribution in [-0.4, -0.2) is 44.5 Å². The van der Waals surface area contributed by atoms with Crippen molar-refractivity contribution in [3.63, 3.8) is 0 Å². The third-order valence-corrected chi connectivity index (χ3v) is 4.64. The first-order valence-corrected chi connectivity index (χ1v) is 10.4. The Kier molecular flexibility index (Phi) is 11.3. The maximum absolute atomic E-state index is 8.26. The number of halogens is 1. The van der Waals surface area contributed by atoms with Gasteiger partial charge in [-0.3, -0.25) is 0 Å². The van der Waals surface area contributed by atoms with Crippen LogP contribution in [0.5, 0.6) is 5.75 Å². The van der Waals surface area contributed by atoms with Crippen molar-refractivity contribution in [1.29, 1.82) is 0 Å². The van der Waals surface area contributed by atoms with E-state index in [-0.39, 0.29) is 5.38 Å². The lowest BCUT2D eigenvalue weighted by Gasteiger charge is -2.17. The Bertz CT molecular complexity index is 809. The van der Waals surface area contributed by atoms with Gasteiger partial charge in [0, 0.05) is 5.92 Å². The monoisotopic (exact) mass is 427 g/mol. The average molecular weight is 428 g/mol. The molecule has 4 nitrogen and oxygen atoms in total. The van der Waals surface area contributed by atoms with Crippen LogP contribution < -0.4 is 4.65 Å². The molecule has 2 atom stereocenters. The summed E-state index contributed by atoms with van der Waals surface area (Å²) >= 11 is 5.60. The molecule has 2 aliphatic heterocycles. The highest BCUT2D eigenvalue weighted by atomic mass is 35.5. The van der Waals surface area contributed by atoms with Crippen LogP contribution in [0.15, 0.2) is 72.8 Å². The number of aryl methyl sites for hydroxylation is 2. The van der Waals surface area contributed by atoms with Gasteiger partial charge in [-0.2, -0.15) is 0 Å². The first-order chi connectivity index (χ1) is 14.6. The summed E-state index contributed by atoms with van der Waals surface area (Å²) in [5.41, 5.74) is 3.78. The number of hydrogen-bond donors (Lipinski definition) is 1. The zero-order valence-electron chi connectivity index (χ0n) is 17.5. The summed E-state index contributed by atoms with van der Waals surface area (Å²) in [5, 5.41) is 8.37. The van der Waals surface area contributed by atoms with E-state index in [1.807, 2.05) is 37.3 Å². The van der Waals surface area contributed by atoms with Crippen molar-refractivity contribution >= 4 is 19.3 Å². The normalized spacial score (nSPS) is 19.6. The van der Waals surface area contributed by atoms with E-state index in [0.717, 1.165) is 25.4 Å². The molecule has 159 valence electrons. The van der Waals surface area contributed by atoms with Gasteiger partial charge in [0.1, 0.15) is 5.75 Å². The second kappa shape index (κ2) is 14.0. The summed E-state index contributed by atoms with van der Waals surface area (Å²) in [6.45, 7) is 7.06. The lowest BCUT2D eigenvalue weighted by Crippen LogP contribution is -2.10. The molecule has 30 heavy (non-hydrogen) atoms. The van der Waals surface area contributed by atoms with Gasteiger partial charge >= 0.3 is 7.69 Å². The van der Waals surface area contributed by atoms with Gasteiger partial charge in [-0.15, -0.1) is 11.6 Å². The van der Waals surface area contributed by atoms with Gasteiger partial charge in [0.15, 0.2) is 0 Å². The highest BCUT2D eigenvalue weighted by molar-refractivity contribution is 6.21. The molecule has 0 aromatic heterocycles. The quantitative estimate of drug-likeness (QED) is 0.436. The second-order valence-electron chi connectivity index (χ2n) is 7.01. The van der Waals surface area contributed by atoms with E-state index in [9.17, 15) is 0 Å². The summed E-state index contributed by atoms with van der Waals surface area (Å²) in [5.74, 6) is 1.11. The maximum Gasteiger partial charge on any atom is 0.569 e. The van der Waals surface area contributed by atoms with E-state index < -0.39 is 0 Å². The van der Waals surface area contributed by atoms with Crippen LogP contribution in [0.2, 0.25) is 0 Å². The van der Waals surface area contributed by atoms with Crippen LogP contribution in [0.4, 0.5) is 0 Å². The van der Waals surface area contributed by atoms with Gasteiger partial charge in [0.2, 0.25) is 0 Å². The molecule has 0 aliphatic carbocycles. The van der Waals surface area contributed by atoms with Gasteiger partial charge in [-0.25, -0.2) is 0 Å². The Balaban J connectivity index is 0.000000168. The lowest BCUT2D eigenvalue weighted by molar-refractivity contribution is 0.146. The third kappa shape index (κ3) is 9.64. The van der Waals surface area contributed by atoms with Gasteiger partial charge in [0.25, 0.3) is 0 Å². The number of alkyl halides is 1. The number of benzene rings is 2. The topological polar surface area (TPSA) is 47.9 Å². The van der Waals surface area contributed by atoms with Gasteiger partial charge in [0.05, 0.1) is 31.8 Å². The van der Waals surface area contributed by atoms with Crippen LogP contribution in [0.3, 0.4) is 0 Å². The van der Waals surface area contributed by atoms with Gasteiger partial charge in [-0.05, 0) is 37.1 Å². The largest absolute Gasteiger partial charge is 0.569 e. The van der Waals surface area contributed by atoms with Crippen molar-refractivity contribution in [2.75, 3.05) is 26.4 Å². The first kappa shape index (κ1) is 24.2. The van der Waals surface area contributed by atoms with Crippen molar-refractivity contribution in [2.24, 2.45) is 0 Å². The molecule has 2 aromatic carbocycles. The van der Waals surface area contributed by atoms with Crippen LogP contribution in [0.25, 0.3) is 0 Å². The Hall–Kier alpha value is -2.05. The van der Waals surface area contributed by atoms with E-state index in [2.05, 4.69) is 43.3 Å². The van der Waals surface area contributed by atoms with Crippen LogP contribution in [0, 0.1) is 13.8 Å². The average Bonchev–Trinajstić information content (AvgIpc) is 2.76. The molecule has 6 heteroatoms. The van der Waals surface area contributed by atoms with Crippen LogP contribution in [0.1, 0.15) is 22.6 Å². The standard InChI is InChI=1S/C12H14O.C7H8BO2.C5H7ClO/c1-10-4-2-5-11(8-10)12-6-3-7-13-9-12;1-6-3-2-4-7(5-6)10-8-9;6-5-2-1-3-7-4-5/h2-6,8,12H,7,9H2,1H3;2-5,9H,1H3;1-2,5H,3-4H2/t12-;;/m1../s1. The van der Waals surface area contributed by atoms with E-state index in [1.54, 1.807) is 6.07 Å². The fourth-order valence-electron chi connectivity index (χ4n) is 2.90. The SMILES string of the molecule is Cc1cccc(O[B]O)c1.Cc1cccc([C@@H]2C=CCOC2)c1.ClC1C=CCOC1. The summed E-state index contributed by atoms with van der Waals surface area (Å²) in [6.07, 6.45) is 8.21. The summed E-state index contributed by atoms with van der Waals surface area (Å²) in [4.78, 5) is 0. The minimum Gasteiger partial charge on any atom is -0.537 e. The summed E-state index contributed by atoms with van der Waals surface area (Å²) < 4.78 is 15.1. The second-order valence-corrected chi connectivity index (χ2v) is 7.57. The van der Waals surface area contributed by atoms with Gasteiger partial charge < -0.3 is 19.2 Å². The molecule has 0 saturated heterocycles. The molecule has 0 amide bonds. The lowest BCUT2D eigenvalue weighted by atomic mass is 9.97. The highest BCUT2D eigenvalue weighted by Gasteiger charge is 2.10. The number of rotatable bonds is 3. The molecule has 1 radical (unpaired) electrons. The van der Waals surface area contributed by atoms with Crippen LogP contribution >= 0.6 is 11.6 Å². The molecule has 0 bridgehead atoms. The smallest absolute Gasteiger partial charge is 0.537 e. The maximum atomic E-state index is 8.26. The minimum atomic E-state index is 0.105. The molecular formula is C24H29BClO4. The van der Waals surface area contributed by atoms with E-state index in [4.69, 9.17) is 30.8 Å². The van der Waals surface area contributed by atoms with E-state index in [1.165, 1.54) is 11.1 Å². The zero-order chi connectivity index (χ0) is 21.6. The molecule has 2 aliphatic rings. The predicted molar refractivity (Wildman–Crippen MR) is 123 cm³/mol. The molecular weight excluding hydrogens is 399 g/mol. The highest BCUT2D eigenvalue weighted by Crippen LogP contribution is 2.21. The Morgan fingerprint density at radius 2 is 1.60 bits per heavy atom. The van der Waals surface area contributed by atoms with Crippen LogP contribution in [-0.2, 0) is 9.47 Å². The molecule has 0 fully saturated rings.